The number of hydrogen-bond donors (Lipinski definition) is 1. The van der Waals surface area contributed by atoms with Crippen molar-refractivity contribution in [1.82, 2.24) is 0 Å². The van der Waals surface area contributed by atoms with E-state index in [9.17, 15) is 4.39 Å². The Morgan fingerprint density at radius 1 is 1.33 bits per heavy atom. The molecule has 0 bridgehead atoms. The third-order valence-corrected chi connectivity index (χ3v) is 1.86. The van der Waals surface area contributed by atoms with Gasteiger partial charge in [0.05, 0.1) is 6.61 Å². The molecule has 0 aliphatic rings. The SMILES string of the molecule is CCCc1cc(F)ccc1CO. The van der Waals surface area contributed by atoms with E-state index < -0.39 is 0 Å². The number of halogens is 1. The number of rotatable bonds is 3. The zero-order valence-corrected chi connectivity index (χ0v) is 7.18. The van der Waals surface area contributed by atoms with Gasteiger partial charge in [0.25, 0.3) is 0 Å². The van der Waals surface area contributed by atoms with Gasteiger partial charge in [-0.25, -0.2) is 4.39 Å². The zero-order chi connectivity index (χ0) is 8.97. The van der Waals surface area contributed by atoms with Crippen LogP contribution in [0.4, 0.5) is 4.39 Å². The predicted molar refractivity (Wildman–Crippen MR) is 46.3 cm³/mol. The Bertz CT molecular complexity index is 258. The van der Waals surface area contributed by atoms with Crippen molar-refractivity contribution in [2.75, 3.05) is 0 Å². The van der Waals surface area contributed by atoms with Crippen molar-refractivity contribution in [3.8, 4) is 0 Å². The lowest BCUT2D eigenvalue weighted by Gasteiger charge is -2.05. The first-order chi connectivity index (χ1) is 5.77. The van der Waals surface area contributed by atoms with Crippen LogP contribution >= 0.6 is 0 Å². The van der Waals surface area contributed by atoms with Crippen molar-refractivity contribution in [2.24, 2.45) is 0 Å². The third-order valence-electron chi connectivity index (χ3n) is 1.86. The number of aliphatic hydroxyl groups excluding tert-OH is 1. The van der Waals surface area contributed by atoms with Gasteiger partial charge in [-0.3, -0.25) is 0 Å². The molecule has 0 fully saturated rings. The highest BCUT2D eigenvalue weighted by atomic mass is 19.1. The van der Waals surface area contributed by atoms with Crippen molar-refractivity contribution in [3.63, 3.8) is 0 Å². The van der Waals surface area contributed by atoms with Gasteiger partial charge in [-0.05, 0) is 29.7 Å². The first kappa shape index (κ1) is 9.20. The number of hydrogen-bond acceptors (Lipinski definition) is 1. The second-order valence-corrected chi connectivity index (χ2v) is 2.82. The molecule has 2 heteroatoms. The molecule has 0 aromatic heterocycles. The average molecular weight is 168 g/mol. The van der Waals surface area contributed by atoms with Crippen LogP contribution in [0.3, 0.4) is 0 Å². The molecule has 1 nitrogen and oxygen atoms in total. The summed E-state index contributed by atoms with van der Waals surface area (Å²) in [5, 5.41) is 8.91. The number of benzene rings is 1. The van der Waals surface area contributed by atoms with E-state index in [2.05, 4.69) is 0 Å². The van der Waals surface area contributed by atoms with Gasteiger partial charge in [-0.1, -0.05) is 19.4 Å². The summed E-state index contributed by atoms with van der Waals surface area (Å²) in [5.74, 6) is -0.226. The maximum absolute atomic E-state index is 12.7. The fraction of sp³-hybridized carbons (Fsp3) is 0.400. The molecule has 1 rings (SSSR count). The number of aryl methyl sites for hydroxylation is 1. The summed E-state index contributed by atoms with van der Waals surface area (Å²) in [6, 6.07) is 4.51. The molecular weight excluding hydrogens is 155 g/mol. The Kier molecular flexibility index (Phi) is 3.23. The molecule has 0 aliphatic heterocycles. The topological polar surface area (TPSA) is 20.2 Å². The fourth-order valence-corrected chi connectivity index (χ4v) is 1.25. The summed E-state index contributed by atoms with van der Waals surface area (Å²) >= 11 is 0. The lowest BCUT2D eigenvalue weighted by Crippen LogP contribution is -1.94. The van der Waals surface area contributed by atoms with Crippen LogP contribution in [-0.2, 0) is 13.0 Å². The third kappa shape index (κ3) is 2.05. The Hall–Kier alpha value is -0.890. The van der Waals surface area contributed by atoms with Gasteiger partial charge in [-0.15, -0.1) is 0 Å². The Morgan fingerprint density at radius 2 is 2.08 bits per heavy atom. The minimum atomic E-state index is -0.226. The predicted octanol–water partition coefficient (Wildman–Crippen LogP) is 2.27. The molecule has 0 amide bonds. The summed E-state index contributed by atoms with van der Waals surface area (Å²) in [4.78, 5) is 0. The fourth-order valence-electron chi connectivity index (χ4n) is 1.25. The van der Waals surface area contributed by atoms with Crippen molar-refractivity contribution in [2.45, 2.75) is 26.4 Å². The highest BCUT2D eigenvalue weighted by Crippen LogP contribution is 2.13. The molecule has 0 unspecified atom stereocenters. The average Bonchev–Trinajstić information content (AvgIpc) is 2.05. The van der Waals surface area contributed by atoms with E-state index >= 15 is 0 Å². The van der Waals surface area contributed by atoms with Crippen molar-refractivity contribution in [3.05, 3.63) is 35.1 Å². The molecule has 0 radical (unpaired) electrons. The van der Waals surface area contributed by atoms with Crippen LogP contribution < -0.4 is 0 Å². The maximum atomic E-state index is 12.7. The Morgan fingerprint density at radius 3 is 2.67 bits per heavy atom. The van der Waals surface area contributed by atoms with Gasteiger partial charge in [0.15, 0.2) is 0 Å². The van der Waals surface area contributed by atoms with E-state index in [0.29, 0.717) is 0 Å². The van der Waals surface area contributed by atoms with Gasteiger partial charge in [0.1, 0.15) is 5.82 Å². The van der Waals surface area contributed by atoms with Gasteiger partial charge < -0.3 is 5.11 Å². The van der Waals surface area contributed by atoms with Crippen molar-refractivity contribution in [1.29, 1.82) is 0 Å². The smallest absolute Gasteiger partial charge is 0.123 e. The van der Waals surface area contributed by atoms with Crippen LogP contribution in [0, 0.1) is 5.82 Å². The molecular formula is C10H13FO. The molecule has 1 aromatic rings. The van der Waals surface area contributed by atoms with E-state index in [1.165, 1.54) is 12.1 Å². The highest BCUT2D eigenvalue weighted by molar-refractivity contribution is 5.27. The lowest BCUT2D eigenvalue weighted by molar-refractivity contribution is 0.280. The van der Waals surface area contributed by atoms with Crippen LogP contribution in [-0.4, -0.2) is 5.11 Å². The van der Waals surface area contributed by atoms with Gasteiger partial charge >= 0.3 is 0 Å². The van der Waals surface area contributed by atoms with E-state index in [0.717, 1.165) is 24.0 Å². The summed E-state index contributed by atoms with van der Waals surface area (Å²) in [5.41, 5.74) is 1.75. The quantitative estimate of drug-likeness (QED) is 0.734. The first-order valence-electron chi connectivity index (χ1n) is 4.16. The number of aliphatic hydroxyl groups is 1. The van der Waals surface area contributed by atoms with E-state index in [4.69, 9.17) is 5.11 Å². The van der Waals surface area contributed by atoms with Crippen LogP contribution in [0.2, 0.25) is 0 Å². The summed E-state index contributed by atoms with van der Waals surface area (Å²) in [7, 11) is 0. The molecule has 0 atom stereocenters. The second-order valence-electron chi connectivity index (χ2n) is 2.82. The molecule has 12 heavy (non-hydrogen) atoms. The Labute approximate surface area is 71.9 Å². The molecule has 66 valence electrons. The summed E-state index contributed by atoms with van der Waals surface area (Å²) in [6.45, 7) is 2.03. The largest absolute Gasteiger partial charge is 0.392 e. The van der Waals surface area contributed by atoms with E-state index in [-0.39, 0.29) is 12.4 Å². The van der Waals surface area contributed by atoms with Crippen molar-refractivity contribution >= 4 is 0 Å². The van der Waals surface area contributed by atoms with E-state index in [1.807, 2.05) is 6.92 Å². The zero-order valence-electron chi connectivity index (χ0n) is 7.18. The second kappa shape index (κ2) is 4.21. The normalized spacial score (nSPS) is 10.2. The van der Waals surface area contributed by atoms with E-state index in [1.54, 1.807) is 6.07 Å². The van der Waals surface area contributed by atoms with Crippen LogP contribution in [0.5, 0.6) is 0 Å². The molecule has 1 N–H and O–H groups in total. The lowest BCUT2D eigenvalue weighted by atomic mass is 10.0. The summed E-state index contributed by atoms with van der Waals surface area (Å²) < 4.78 is 12.7. The van der Waals surface area contributed by atoms with Gasteiger partial charge in [-0.2, -0.15) is 0 Å². The minimum Gasteiger partial charge on any atom is -0.392 e. The standard InChI is InChI=1S/C10H13FO/c1-2-3-8-6-10(11)5-4-9(8)7-12/h4-6,12H,2-3,7H2,1H3. The minimum absolute atomic E-state index is 0.00435. The van der Waals surface area contributed by atoms with Gasteiger partial charge in [0.2, 0.25) is 0 Å². The van der Waals surface area contributed by atoms with Gasteiger partial charge in [0, 0.05) is 0 Å². The van der Waals surface area contributed by atoms with Crippen LogP contribution in [0.1, 0.15) is 24.5 Å². The molecule has 0 saturated heterocycles. The molecule has 0 saturated carbocycles. The monoisotopic (exact) mass is 168 g/mol. The van der Waals surface area contributed by atoms with Crippen LogP contribution in [0.25, 0.3) is 0 Å². The Balaban J connectivity index is 2.95. The molecule has 0 spiro atoms. The molecule has 1 aromatic carbocycles. The molecule has 0 aliphatic carbocycles. The maximum Gasteiger partial charge on any atom is 0.123 e. The molecule has 0 heterocycles. The van der Waals surface area contributed by atoms with Crippen LogP contribution in [0.15, 0.2) is 18.2 Å². The first-order valence-corrected chi connectivity index (χ1v) is 4.16. The van der Waals surface area contributed by atoms with Crippen molar-refractivity contribution < 1.29 is 9.50 Å². The summed E-state index contributed by atoms with van der Waals surface area (Å²) in [6.07, 6.45) is 1.80. The highest BCUT2D eigenvalue weighted by Gasteiger charge is 2.01.